The molecule has 3 nitrogen and oxygen atoms in total. The van der Waals surface area contributed by atoms with Crippen molar-refractivity contribution in [3.05, 3.63) is 58.8 Å². The van der Waals surface area contributed by atoms with Crippen molar-refractivity contribution >= 4 is 5.82 Å². The quantitative estimate of drug-likeness (QED) is 0.905. The van der Waals surface area contributed by atoms with Crippen LogP contribution in [0.2, 0.25) is 0 Å². The Hall–Kier alpha value is -2.34. The average Bonchev–Trinajstić information content (AvgIpc) is 2.45. The van der Waals surface area contributed by atoms with E-state index in [1.165, 1.54) is 11.1 Å². The van der Waals surface area contributed by atoms with Crippen LogP contribution in [0.5, 0.6) is 0 Å². The lowest BCUT2D eigenvalue weighted by atomic mass is 10.1. The number of hydrogen-bond acceptors (Lipinski definition) is 3. The normalized spacial score (nSPS) is 9.95. The van der Waals surface area contributed by atoms with E-state index in [4.69, 9.17) is 5.26 Å². The molecule has 3 heteroatoms. The summed E-state index contributed by atoms with van der Waals surface area (Å²) in [5.41, 5.74) is 4.06. The maximum Gasteiger partial charge on any atom is 0.144 e. The van der Waals surface area contributed by atoms with Gasteiger partial charge in [-0.25, -0.2) is 4.98 Å². The lowest BCUT2D eigenvalue weighted by Crippen LogP contribution is -2.06. The minimum absolute atomic E-state index is 0.583. The van der Waals surface area contributed by atoms with Crippen molar-refractivity contribution in [2.45, 2.75) is 26.8 Å². The SMILES string of the molecule is CCc1ccccc1CNc1nc(C)ccc1C#N. The number of aryl methyl sites for hydroxylation is 2. The highest BCUT2D eigenvalue weighted by atomic mass is 15.0. The molecule has 0 saturated heterocycles. The Morgan fingerprint density at radius 3 is 2.58 bits per heavy atom. The number of nitrogens with zero attached hydrogens (tertiary/aromatic N) is 2. The number of benzene rings is 1. The summed E-state index contributed by atoms with van der Waals surface area (Å²) in [6.45, 7) is 4.76. The Kier molecular flexibility index (Phi) is 4.15. The van der Waals surface area contributed by atoms with Crippen LogP contribution >= 0.6 is 0 Å². The van der Waals surface area contributed by atoms with E-state index in [2.05, 4.69) is 35.4 Å². The minimum Gasteiger partial charge on any atom is -0.365 e. The van der Waals surface area contributed by atoms with E-state index in [1.54, 1.807) is 6.07 Å². The summed E-state index contributed by atoms with van der Waals surface area (Å²) in [6, 6.07) is 14.1. The molecule has 19 heavy (non-hydrogen) atoms. The molecule has 0 saturated carbocycles. The standard InChI is InChI=1S/C16H17N3/c1-3-13-6-4-5-7-15(13)11-18-16-14(10-17)9-8-12(2)19-16/h4-9H,3,11H2,1-2H3,(H,18,19). The predicted octanol–water partition coefficient (Wildman–Crippen LogP) is 3.44. The second-order valence-electron chi connectivity index (χ2n) is 4.44. The molecule has 0 atom stereocenters. The number of anilines is 1. The van der Waals surface area contributed by atoms with Crippen LogP contribution in [0, 0.1) is 18.3 Å². The van der Waals surface area contributed by atoms with Gasteiger partial charge in [-0.3, -0.25) is 0 Å². The van der Waals surface area contributed by atoms with Gasteiger partial charge in [-0.2, -0.15) is 5.26 Å². The zero-order valence-electron chi connectivity index (χ0n) is 11.3. The van der Waals surface area contributed by atoms with Crippen LogP contribution in [0.25, 0.3) is 0 Å². The highest BCUT2D eigenvalue weighted by Gasteiger charge is 2.05. The topological polar surface area (TPSA) is 48.7 Å². The molecule has 0 aliphatic heterocycles. The second-order valence-corrected chi connectivity index (χ2v) is 4.44. The first kappa shape index (κ1) is 13.1. The van der Waals surface area contributed by atoms with Crippen LogP contribution in [-0.4, -0.2) is 4.98 Å². The van der Waals surface area contributed by atoms with Crippen molar-refractivity contribution in [1.29, 1.82) is 5.26 Å². The van der Waals surface area contributed by atoms with Crippen LogP contribution in [0.1, 0.15) is 29.3 Å². The third-order valence-corrected chi connectivity index (χ3v) is 3.10. The maximum absolute atomic E-state index is 9.08. The summed E-state index contributed by atoms with van der Waals surface area (Å²) in [5, 5.41) is 12.3. The van der Waals surface area contributed by atoms with Gasteiger partial charge >= 0.3 is 0 Å². The Morgan fingerprint density at radius 1 is 1.16 bits per heavy atom. The van der Waals surface area contributed by atoms with Crippen LogP contribution in [0.3, 0.4) is 0 Å². The van der Waals surface area contributed by atoms with Gasteiger partial charge in [0.1, 0.15) is 11.9 Å². The Morgan fingerprint density at radius 2 is 1.89 bits per heavy atom. The number of nitriles is 1. The van der Waals surface area contributed by atoms with Crippen molar-refractivity contribution < 1.29 is 0 Å². The smallest absolute Gasteiger partial charge is 0.144 e. The number of rotatable bonds is 4. The largest absolute Gasteiger partial charge is 0.365 e. The Labute approximate surface area is 113 Å². The minimum atomic E-state index is 0.583. The highest BCUT2D eigenvalue weighted by Crippen LogP contribution is 2.15. The first-order chi connectivity index (χ1) is 9.24. The van der Waals surface area contributed by atoms with Gasteiger partial charge in [0.25, 0.3) is 0 Å². The van der Waals surface area contributed by atoms with E-state index in [-0.39, 0.29) is 0 Å². The van der Waals surface area contributed by atoms with Crippen molar-refractivity contribution in [3.63, 3.8) is 0 Å². The average molecular weight is 251 g/mol. The summed E-state index contributed by atoms with van der Waals surface area (Å²) >= 11 is 0. The first-order valence-electron chi connectivity index (χ1n) is 6.43. The summed E-state index contributed by atoms with van der Waals surface area (Å²) in [6.07, 6.45) is 1.00. The molecule has 0 amide bonds. The van der Waals surface area contributed by atoms with Gasteiger partial charge in [-0.15, -0.1) is 0 Å². The fourth-order valence-electron chi connectivity index (χ4n) is 2.04. The van der Waals surface area contributed by atoms with Crippen molar-refractivity contribution in [3.8, 4) is 6.07 Å². The molecule has 0 spiro atoms. The van der Waals surface area contributed by atoms with Crippen molar-refractivity contribution in [1.82, 2.24) is 4.98 Å². The molecule has 2 aromatic rings. The summed E-state index contributed by atoms with van der Waals surface area (Å²) < 4.78 is 0. The van der Waals surface area contributed by atoms with Crippen molar-refractivity contribution in [2.24, 2.45) is 0 Å². The third kappa shape index (κ3) is 3.11. The van der Waals surface area contributed by atoms with Gasteiger partial charge in [0.2, 0.25) is 0 Å². The van der Waals surface area contributed by atoms with Gasteiger partial charge in [0.15, 0.2) is 0 Å². The number of aromatic nitrogens is 1. The molecule has 0 radical (unpaired) electrons. The molecule has 1 aromatic heterocycles. The molecule has 1 N–H and O–H groups in total. The van der Waals surface area contributed by atoms with Gasteiger partial charge < -0.3 is 5.32 Å². The fraction of sp³-hybridized carbons (Fsp3) is 0.250. The second kappa shape index (κ2) is 6.01. The van der Waals surface area contributed by atoms with Gasteiger partial charge in [-0.1, -0.05) is 31.2 Å². The predicted molar refractivity (Wildman–Crippen MR) is 76.8 cm³/mol. The lowest BCUT2D eigenvalue weighted by molar-refractivity contribution is 1.03. The highest BCUT2D eigenvalue weighted by molar-refractivity contribution is 5.52. The van der Waals surface area contributed by atoms with Gasteiger partial charge in [0.05, 0.1) is 5.56 Å². The Balaban J connectivity index is 2.19. The number of pyridine rings is 1. The van der Waals surface area contributed by atoms with Crippen LogP contribution in [0.15, 0.2) is 36.4 Å². The monoisotopic (exact) mass is 251 g/mol. The van der Waals surface area contributed by atoms with Crippen LogP contribution in [0.4, 0.5) is 5.82 Å². The molecule has 0 aliphatic rings. The molecular formula is C16H17N3. The van der Waals surface area contributed by atoms with E-state index in [0.717, 1.165) is 12.1 Å². The molecule has 96 valence electrons. The van der Waals surface area contributed by atoms with E-state index >= 15 is 0 Å². The molecular weight excluding hydrogens is 234 g/mol. The van der Waals surface area contributed by atoms with E-state index in [1.807, 2.05) is 25.1 Å². The third-order valence-electron chi connectivity index (χ3n) is 3.10. The molecule has 0 fully saturated rings. The zero-order valence-corrected chi connectivity index (χ0v) is 11.3. The summed E-state index contributed by atoms with van der Waals surface area (Å²) in [4.78, 5) is 4.38. The molecule has 0 aliphatic carbocycles. The van der Waals surface area contributed by atoms with Gasteiger partial charge in [-0.05, 0) is 36.6 Å². The van der Waals surface area contributed by atoms with Crippen LogP contribution < -0.4 is 5.32 Å². The summed E-state index contributed by atoms with van der Waals surface area (Å²) in [5.74, 6) is 0.661. The molecule has 0 unspecified atom stereocenters. The number of hydrogen-bond donors (Lipinski definition) is 1. The van der Waals surface area contributed by atoms with E-state index < -0.39 is 0 Å². The molecule has 2 rings (SSSR count). The number of nitrogens with one attached hydrogen (secondary N) is 1. The molecule has 0 bridgehead atoms. The lowest BCUT2D eigenvalue weighted by Gasteiger charge is -2.11. The Bertz CT molecular complexity index is 612. The van der Waals surface area contributed by atoms with E-state index in [0.29, 0.717) is 17.9 Å². The molecule has 1 aromatic carbocycles. The zero-order chi connectivity index (χ0) is 13.7. The van der Waals surface area contributed by atoms with Gasteiger partial charge in [0, 0.05) is 12.2 Å². The molecule has 1 heterocycles. The fourth-order valence-corrected chi connectivity index (χ4v) is 2.04. The van der Waals surface area contributed by atoms with E-state index in [9.17, 15) is 0 Å². The van der Waals surface area contributed by atoms with Crippen molar-refractivity contribution in [2.75, 3.05) is 5.32 Å². The maximum atomic E-state index is 9.08. The first-order valence-corrected chi connectivity index (χ1v) is 6.43. The van der Waals surface area contributed by atoms with Crippen LogP contribution in [-0.2, 0) is 13.0 Å². The summed E-state index contributed by atoms with van der Waals surface area (Å²) in [7, 11) is 0.